The summed E-state index contributed by atoms with van der Waals surface area (Å²) in [4.78, 5) is 7.51. The van der Waals surface area contributed by atoms with Gasteiger partial charge >= 0.3 is 6.36 Å². The van der Waals surface area contributed by atoms with E-state index in [9.17, 15) is 18.3 Å². The van der Waals surface area contributed by atoms with E-state index in [1.54, 1.807) is 0 Å². The van der Waals surface area contributed by atoms with Crippen molar-refractivity contribution in [2.24, 2.45) is 0 Å². The van der Waals surface area contributed by atoms with Gasteiger partial charge in [0.05, 0.1) is 0 Å². The molecule has 0 aliphatic heterocycles. The van der Waals surface area contributed by atoms with Crippen LogP contribution in [-0.4, -0.2) is 21.4 Å². The molecule has 0 radical (unpaired) electrons. The van der Waals surface area contributed by atoms with Crippen LogP contribution in [0.3, 0.4) is 0 Å². The summed E-state index contributed by atoms with van der Waals surface area (Å²) in [6.45, 7) is 0. The predicted molar refractivity (Wildman–Crippen MR) is 59.2 cm³/mol. The second-order valence-corrected chi connectivity index (χ2v) is 3.69. The quantitative estimate of drug-likeness (QED) is 0.930. The highest BCUT2D eigenvalue weighted by molar-refractivity contribution is 5.32. The van der Waals surface area contributed by atoms with Crippen LogP contribution < -0.4 is 4.74 Å². The number of aliphatic hydroxyl groups excluding tert-OH is 1. The summed E-state index contributed by atoms with van der Waals surface area (Å²) in [5, 5.41) is 9.97. The first kappa shape index (κ1) is 13.3. The Hall–Kier alpha value is -2.15. The van der Waals surface area contributed by atoms with Crippen LogP contribution in [0.25, 0.3) is 0 Å². The Balaban J connectivity index is 2.15. The van der Waals surface area contributed by atoms with Crippen molar-refractivity contribution in [2.75, 3.05) is 0 Å². The van der Waals surface area contributed by atoms with E-state index in [0.717, 1.165) is 12.1 Å². The van der Waals surface area contributed by atoms with E-state index in [1.165, 1.54) is 30.9 Å². The lowest BCUT2D eigenvalue weighted by Crippen LogP contribution is -2.17. The minimum Gasteiger partial charge on any atom is -0.406 e. The van der Waals surface area contributed by atoms with Crippen LogP contribution in [0.5, 0.6) is 5.75 Å². The Labute approximate surface area is 106 Å². The third-order valence-corrected chi connectivity index (χ3v) is 2.33. The number of hydrogen-bond acceptors (Lipinski definition) is 4. The van der Waals surface area contributed by atoms with E-state index in [4.69, 9.17) is 0 Å². The fourth-order valence-corrected chi connectivity index (χ4v) is 1.50. The van der Waals surface area contributed by atoms with E-state index in [0.29, 0.717) is 11.1 Å². The molecule has 0 saturated heterocycles. The van der Waals surface area contributed by atoms with Gasteiger partial charge in [-0.25, -0.2) is 9.97 Å². The van der Waals surface area contributed by atoms with Crippen LogP contribution in [0.2, 0.25) is 0 Å². The zero-order chi connectivity index (χ0) is 13.9. The largest absolute Gasteiger partial charge is 0.573 e. The number of nitrogens with zero attached hydrogens (tertiary/aromatic N) is 2. The number of hydrogen-bond donors (Lipinski definition) is 1. The average Bonchev–Trinajstić information content (AvgIpc) is 2.38. The first-order chi connectivity index (χ1) is 8.96. The topological polar surface area (TPSA) is 55.2 Å². The van der Waals surface area contributed by atoms with Gasteiger partial charge in [-0.2, -0.15) is 0 Å². The second-order valence-electron chi connectivity index (χ2n) is 3.69. The molecule has 7 heteroatoms. The van der Waals surface area contributed by atoms with E-state index in [-0.39, 0.29) is 5.75 Å². The van der Waals surface area contributed by atoms with Crippen molar-refractivity contribution in [3.05, 3.63) is 54.1 Å². The third-order valence-electron chi connectivity index (χ3n) is 2.33. The van der Waals surface area contributed by atoms with Crippen LogP contribution in [0.15, 0.2) is 43.0 Å². The van der Waals surface area contributed by atoms with Crippen molar-refractivity contribution in [3.8, 4) is 5.75 Å². The van der Waals surface area contributed by atoms with Crippen molar-refractivity contribution in [1.29, 1.82) is 0 Å². The summed E-state index contributed by atoms with van der Waals surface area (Å²) < 4.78 is 39.7. The summed E-state index contributed by atoms with van der Waals surface area (Å²) in [5.41, 5.74) is 0.872. The maximum Gasteiger partial charge on any atom is 0.573 e. The molecule has 0 saturated carbocycles. The maximum atomic E-state index is 12.0. The highest BCUT2D eigenvalue weighted by Crippen LogP contribution is 2.26. The van der Waals surface area contributed by atoms with Gasteiger partial charge in [0.2, 0.25) is 0 Å². The fraction of sp³-hybridized carbons (Fsp3) is 0.167. The summed E-state index contributed by atoms with van der Waals surface area (Å²) in [7, 11) is 0. The van der Waals surface area contributed by atoms with Crippen LogP contribution in [0.4, 0.5) is 13.2 Å². The van der Waals surface area contributed by atoms with Gasteiger partial charge in [-0.15, -0.1) is 13.2 Å². The number of rotatable bonds is 3. The Kier molecular flexibility index (Phi) is 3.66. The first-order valence-electron chi connectivity index (χ1n) is 5.24. The molecule has 0 aliphatic carbocycles. The lowest BCUT2D eigenvalue weighted by Gasteiger charge is -2.12. The van der Waals surface area contributed by atoms with Crippen LogP contribution >= 0.6 is 0 Å². The van der Waals surface area contributed by atoms with Gasteiger partial charge in [0.25, 0.3) is 0 Å². The molecule has 1 N–H and O–H groups in total. The second kappa shape index (κ2) is 5.23. The van der Waals surface area contributed by atoms with Gasteiger partial charge in [-0.1, -0.05) is 12.1 Å². The molecule has 1 atom stereocenters. The van der Waals surface area contributed by atoms with Crippen LogP contribution in [0.1, 0.15) is 17.2 Å². The van der Waals surface area contributed by atoms with Gasteiger partial charge in [-0.3, -0.25) is 0 Å². The number of ether oxygens (including phenoxy) is 1. The Morgan fingerprint density at radius 2 is 1.58 bits per heavy atom. The lowest BCUT2D eigenvalue weighted by atomic mass is 10.0. The summed E-state index contributed by atoms with van der Waals surface area (Å²) in [5.74, 6) is -0.340. The molecule has 1 aromatic carbocycles. The highest BCUT2D eigenvalue weighted by atomic mass is 19.4. The molecule has 19 heavy (non-hydrogen) atoms. The molecule has 1 heterocycles. The third kappa shape index (κ3) is 3.65. The van der Waals surface area contributed by atoms with E-state index >= 15 is 0 Å². The van der Waals surface area contributed by atoms with Gasteiger partial charge in [0, 0.05) is 18.0 Å². The number of aliphatic hydroxyl groups is 1. The van der Waals surface area contributed by atoms with Gasteiger partial charge < -0.3 is 9.84 Å². The molecule has 1 aromatic heterocycles. The van der Waals surface area contributed by atoms with Crippen LogP contribution in [0, 0.1) is 0 Å². The molecule has 0 aliphatic rings. The predicted octanol–water partition coefficient (Wildman–Crippen LogP) is 2.46. The Morgan fingerprint density at radius 1 is 1.00 bits per heavy atom. The minimum absolute atomic E-state index is 0.340. The first-order valence-corrected chi connectivity index (χ1v) is 5.24. The Bertz CT molecular complexity index is 529. The summed E-state index contributed by atoms with van der Waals surface area (Å²) >= 11 is 0. The molecule has 0 fully saturated rings. The SMILES string of the molecule is OC(c1ccc(OC(F)(F)F)cc1)c1cncnc1. The minimum atomic E-state index is -4.73. The van der Waals surface area contributed by atoms with Crippen molar-refractivity contribution in [2.45, 2.75) is 12.5 Å². The maximum absolute atomic E-state index is 12.0. The van der Waals surface area contributed by atoms with Gasteiger partial charge in [0.15, 0.2) is 0 Å². The molecular formula is C12H9F3N2O2. The lowest BCUT2D eigenvalue weighted by molar-refractivity contribution is -0.274. The zero-order valence-corrected chi connectivity index (χ0v) is 9.50. The Morgan fingerprint density at radius 3 is 2.11 bits per heavy atom. The summed E-state index contributed by atoms with van der Waals surface area (Å²) in [6.07, 6.45) is -1.56. The number of benzene rings is 1. The van der Waals surface area contributed by atoms with Gasteiger partial charge in [-0.05, 0) is 17.7 Å². The summed E-state index contributed by atoms with van der Waals surface area (Å²) in [6, 6.07) is 4.96. The highest BCUT2D eigenvalue weighted by Gasteiger charge is 2.31. The molecular weight excluding hydrogens is 261 g/mol. The number of halogens is 3. The molecule has 1 unspecified atom stereocenters. The fourth-order valence-electron chi connectivity index (χ4n) is 1.50. The molecule has 4 nitrogen and oxygen atoms in total. The molecule has 0 spiro atoms. The average molecular weight is 270 g/mol. The number of aromatic nitrogens is 2. The van der Waals surface area contributed by atoms with E-state index in [1.807, 2.05) is 0 Å². The van der Waals surface area contributed by atoms with E-state index in [2.05, 4.69) is 14.7 Å². The van der Waals surface area contributed by atoms with Crippen LogP contribution in [-0.2, 0) is 0 Å². The van der Waals surface area contributed by atoms with E-state index < -0.39 is 12.5 Å². The molecule has 2 aromatic rings. The monoisotopic (exact) mass is 270 g/mol. The van der Waals surface area contributed by atoms with Gasteiger partial charge in [0.1, 0.15) is 18.2 Å². The molecule has 0 amide bonds. The zero-order valence-electron chi connectivity index (χ0n) is 9.50. The van der Waals surface area contributed by atoms with Crippen molar-refractivity contribution in [3.63, 3.8) is 0 Å². The molecule has 0 bridgehead atoms. The standard InChI is InChI=1S/C12H9F3N2O2/c13-12(14,15)19-10-3-1-8(2-4-10)11(18)9-5-16-7-17-6-9/h1-7,11,18H. The normalized spacial score (nSPS) is 13.1. The smallest absolute Gasteiger partial charge is 0.406 e. The van der Waals surface area contributed by atoms with Crippen molar-refractivity contribution in [1.82, 2.24) is 9.97 Å². The molecule has 100 valence electrons. The molecule has 2 rings (SSSR count). The number of alkyl halides is 3. The van der Waals surface area contributed by atoms with Crippen molar-refractivity contribution < 1.29 is 23.0 Å². The van der Waals surface area contributed by atoms with Crippen molar-refractivity contribution >= 4 is 0 Å².